The lowest BCUT2D eigenvalue weighted by Gasteiger charge is -2.09. The predicted octanol–water partition coefficient (Wildman–Crippen LogP) is -1.03. The first-order valence-corrected chi connectivity index (χ1v) is 5.30. The van der Waals surface area contributed by atoms with Crippen molar-refractivity contribution in [2.24, 2.45) is 11.5 Å². The van der Waals surface area contributed by atoms with E-state index in [0.29, 0.717) is 0 Å². The Morgan fingerprint density at radius 2 is 1.88 bits per heavy atom. The number of rotatable bonds is 3. The predicted molar refractivity (Wildman–Crippen MR) is 66.3 cm³/mol. The average molecular weight is 249 g/mol. The molecule has 94 valence electrons. The summed E-state index contributed by atoms with van der Waals surface area (Å²) in [5.41, 5.74) is 9.47. The molecule has 1 heterocycles. The number of nitrogens with one attached hydrogen (secondary N) is 1. The summed E-state index contributed by atoms with van der Waals surface area (Å²) < 4.78 is 0. The Morgan fingerprint density at radius 1 is 1.56 bits per heavy atom. The summed E-state index contributed by atoms with van der Waals surface area (Å²) in [6.07, 6.45) is 2.44. The minimum atomic E-state index is -1.00. The smallest absolute Gasteiger partial charge is 0.321 e. The maximum absolute atomic E-state index is 9.76. The zero-order valence-corrected chi connectivity index (χ0v) is 9.95. The van der Waals surface area contributed by atoms with E-state index < -0.39 is 17.9 Å². The number of thiol groups is 1. The summed E-state index contributed by atoms with van der Waals surface area (Å²) in [6, 6.07) is -0.816. The minimum Gasteiger partial charge on any atom is -0.480 e. The Morgan fingerprint density at radius 3 is 1.88 bits per heavy atom. The lowest BCUT2D eigenvalue weighted by atomic mass is 10.3. The van der Waals surface area contributed by atoms with Gasteiger partial charge in [-0.15, -0.1) is 0 Å². The van der Waals surface area contributed by atoms with Crippen molar-refractivity contribution in [1.82, 2.24) is 5.32 Å². The first kappa shape index (κ1) is 17.3. The number of hydrogen-bond acceptors (Lipinski definition) is 5. The van der Waals surface area contributed by atoms with Crippen molar-refractivity contribution in [3.63, 3.8) is 0 Å². The maximum atomic E-state index is 9.76. The highest BCUT2D eigenvalue weighted by atomic mass is 32.1. The Bertz CT molecular complexity index is 216. The minimum absolute atomic E-state index is 0.190. The molecule has 6 N–H and O–H groups in total. The lowest BCUT2D eigenvalue weighted by molar-refractivity contribution is -0.137. The van der Waals surface area contributed by atoms with Gasteiger partial charge in [-0.05, 0) is 25.6 Å². The van der Waals surface area contributed by atoms with Crippen LogP contribution >= 0.6 is 12.6 Å². The van der Waals surface area contributed by atoms with Crippen LogP contribution < -0.4 is 16.8 Å². The first-order valence-electron chi connectivity index (χ1n) is 4.67. The van der Waals surface area contributed by atoms with Crippen LogP contribution in [-0.2, 0) is 9.59 Å². The second-order valence-electron chi connectivity index (χ2n) is 2.84. The second kappa shape index (κ2) is 12.0. The maximum Gasteiger partial charge on any atom is 0.321 e. The van der Waals surface area contributed by atoms with Gasteiger partial charge in [-0.25, -0.2) is 0 Å². The van der Waals surface area contributed by atoms with E-state index in [9.17, 15) is 9.59 Å². The number of nitrogens with two attached hydrogens (primary N) is 2. The van der Waals surface area contributed by atoms with Gasteiger partial charge >= 0.3 is 5.97 Å². The van der Waals surface area contributed by atoms with Crippen LogP contribution in [0.2, 0.25) is 0 Å². The van der Waals surface area contributed by atoms with Gasteiger partial charge in [0.25, 0.3) is 0 Å². The van der Waals surface area contributed by atoms with Crippen LogP contribution in [0.1, 0.15) is 6.42 Å². The molecule has 1 saturated heterocycles. The standard InChI is InChI=1S/C3H7NO2S.C3H5NO.C3H7N/c4-2(1-7)3(5)6;1-2-3(4)5;1-2-4-3-1/h2,7H,1,4H2,(H,5,6);2H,1H2,(H2,4,5);4H,1-3H2. The van der Waals surface area contributed by atoms with Gasteiger partial charge in [0, 0.05) is 5.75 Å². The molecule has 0 aromatic rings. The third-order valence-corrected chi connectivity index (χ3v) is 1.82. The summed E-state index contributed by atoms with van der Waals surface area (Å²) in [4.78, 5) is 19.2. The van der Waals surface area contributed by atoms with Gasteiger partial charge in [0.15, 0.2) is 0 Å². The number of aliphatic carboxylic acids is 1. The topological polar surface area (TPSA) is 118 Å². The van der Waals surface area contributed by atoms with E-state index in [-0.39, 0.29) is 5.75 Å². The molecule has 1 aliphatic rings. The van der Waals surface area contributed by atoms with E-state index >= 15 is 0 Å². The van der Waals surface area contributed by atoms with E-state index in [0.717, 1.165) is 6.08 Å². The van der Waals surface area contributed by atoms with Gasteiger partial charge in [0.2, 0.25) is 5.91 Å². The molecule has 1 amide bonds. The lowest BCUT2D eigenvalue weighted by Crippen LogP contribution is -2.31. The van der Waals surface area contributed by atoms with Gasteiger partial charge in [0.1, 0.15) is 6.04 Å². The summed E-state index contributed by atoms with van der Waals surface area (Å²) in [6.45, 7) is 5.59. The fraction of sp³-hybridized carbons (Fsp3) is 0.556. The molecule has 16 heavy (non-hydrogen) atoms. The number of hydrogen-bond donors (Lipinski definition) is 5. The van der Waals surface area contributed by atoms with Gasteiger partial charge in [-0.3, -0.25) is 9.59 Å². The second-order valence-corrected chi connectivity index (χ2v) is 3.20. The highest BCUT2D eigenvalue weighted by Crippen LogP contribution is 1.80. The number of amides is 1. The van der Waals surface area contributed by atoms with Gasteiger partial charge in [-0.1, -0.05) is 6.58 Å². The molecule has 1 rings (SSSR count). The van der Waals surface area contributed by atoms with Crippen molar-refractivity contribution in [3.05, 3.63) is 12.7 Å². The molecule has 6 nitrogen and oxygen atoms in total. The van der Waals surface area contributed by atoms with Crippen molar-refractivity contribution in [2.75, 3.05) is 18.8 Å². The fourth-order valence-electron chi connectivity index (χ4n) is 0.255. The van der Waals surface area contributed by atoms with Crippen molar-refractivity contribution >= 4 is 24.5 Å². The summed E-state index contributed by atoms with van der Waals surface area (Å²) in [5, 5.41) is 11.1. The molecule has 0 aromatic heterocycles. The summed E-state index contributed by atoms with van der Waals surface area (Å²) in [7, 11) is 0. The van der Waals surface area contributed by atoms with Crippen LogP contribution in [0.15, 0.2) is 12.7 Å². The van der Waals surface area contributed by atoms with E-state index in [1.807, 2.05) is 0 Å². The normalized spacial score (nSPS) is 13.9. The molecule has 0 radical (unpaired) electrons. The summed E-state index contributed by atoms with van der Waals surface area (Å²) in [5.74, 6) is -1.30. The molecule has 0 aromatic carbocycles. The molecule has 1 unspecified atom stereocenters. The van der Waals surface area contributed by atoms with Gasteiger partial charge in [0.05, 0.1) is 0 Å². The Hall–Kier alpha value is -1.05. The Kier molecular flexibility index (Phi) is 13.0. The van der Waals surface area contributed by atoms with Crippen LogP contribution in [0, 0.1) is 0 Å². The van der Waals surface area contributed by atoms with Crippen LogP contribution in [0.4, 0.5) is 0 Å². The summed E-state index contributed by atoms with van der Waals surface area (Å²) >= 11 is 3.65. The molecule has 1 aliphatic heterocycles. The first-order chi connectivity index (χ1) is 7.45. The zero-order valence-electron chi connectivity index (χ0n) is 9.06. The molecule has 7 heteroatoms. The molecular weight excluding hydrogens is 230 g/mol. The van der Waals surface area contributed by atoms with Gasteiger partial charge < -0.3 is 21.9 Å². The third kappa shape index (κ3) is 15.4. The zero-order chi connectivity index (χ0) is 13.0. The van der Waals surface area contributed by atoms with Crippen LogP contribution in [-0.4, -0.2) is 41.9 Å². The number of carboxylic acid groups (broad SMARTS) is 1. The monoisotopic (exact) mass is 249 g/mol. The van der Waals surface area contributed by atoms with Crippen molar-refractivity contribution in [2.45, 2.75) is 12.5 Å². The van der Waals surface area contributed by atoms with E-state index in [2.05, 4.69) is 30.3 Å². The quantitative estimate of drug-likeness (QED) is 0.323. The highest BCUT2D eigenvalue weighted by molar-refractivity contribution is 7.80. The highest BCUT2D eigenvalue weighted by Gasteiger charge is 2.06. The van der Waals surface area contributed by atoms with Crippen molar-refractivity contribution < 1.29 is 14.7 Å². The molecule has 1 atom stereocenters. The molecule has 0 spiro atoms. The van der Waals surface area contributed by atoms with Crippen LogP contribution in [0.5, 0.6) is 0 Å². The Balaban J connectivity index is 0. The molecule has 0 saturated carbocycles. The van der Waals surface area contributed by atoms with E-state index in [4.69, 9.17) is 10.8 Å². The SMILES string of the molecule is C1CNC1.C=CC(N)=O.NC(CS)C(=O)O. The molecular formula is C9H19N3O3S. The number of carboxylic acids is 1. The molecule has 1 fully saturated rings. The van der Waals surface area contributed by atoms with Crippen molar-refractivity contribution in [3.8, 4) is 0 Å². The average Bonchev–Trinajstić information content (AvgIpc) is 2.14. The largest absolute Gasteiger partial charge is 0.480 e. The Labute approximate surface area is 100 Å². The third-order valence-electron chi connectivity index (χ3n) is 1.42. The van der Waals surface area contributed by atoms with Crippen molar-refractivity contribution in [1.29, 1.82) is 0 Å². The fourth-order valence-corrected chi connectivity index (χ4v) is 0.411. The molecule has 0 aliphatic carbocycles. The number of carbonyl (C=O) groups excluding carboxylic acids is 1. The van der Waals surface area contributed by atoms with E-state index in [1.54, 1.807) is 0 Å². The van der Waals surface area contributed by atoms with E-state index in [1.165, 1.54) is 19.5 Å². The van der Waals surface area contributed by atoms with Gasteiger partial charge in [-0.2, -0.15) is 12.6 Å². The molecule has 0 bridgehead atoms. The number of primary amides is 1. The number of carbonyl (C=O) groups is 2. The van der Waals surface area contributed by atoms with Crippen LogP contribution in [0.3, 0.4) is 0 Å². The van der Waals surface area contributed by atoms with Crippen LogP contribution in [0.25, 0.3) is 0 Å².